The number of rotatable bonds is 30. The van der Waals surface area contributed by atoms with Crippen molar-refractivity contribution >= 4 is 0 Å². The molecule has 13 aliphatic rings. The summed E-state index contributed by atoms with van der Waals surface area (Å²) in [5.74, 6) is 0. The van der Waals surface area contributed by atoms with E-state index in [0.717, 1.165) is 0 Å². The van der Waals surface area contributed by atoms with Crippen LogP contribution in [0.5, 0.6) is 0 Å². The van der Waals surface area contributed by atoms with Gasteiger partial charge in [0.15, 0.2) is 56.6 Å². The van der Waals surface area contributed by atoms with Crippen molar-refractivity contribution in [1.82, 2.24) is 10.6 Å². The molecule has 55 atom stereocenters. The second kappa shape index (κ2) is 48.8. The SMILES string of the molecule is CC(N)C1OC(OC2C(N)CC(N)C(O)C2OC2OC(CO)C(OC3OC(CN)C(O)C(O)C3N)C2O)C(N)CC1O.CC(NCCO)C1CCC(N)C(OC2C(N)CC(N)C(O)C2OC2OC(CO)C(OC3OC(CN)C(O)C(O)C3N)C2O)O1.NCC1OC(OC2C(CO)OC(OC3C(O)C(N)CC(N)C3OC3OC(C4COCCN4)CCC3N)C2O)C(N)C(O)C1O. The summed E-state index contributed by atoms with van der Waals surface area (Å²) in [6.45, 7) is 3.54. The maximum atomic E-state index is 11.2. The van der Waals surface area contributed by atoms with Crippen LogP contribution in [0.25, 0.3) is 0 Å². The molecule has 13 rings (SSSR count). The average Bonchev–Trinajstić information content (AvgIpc) is 1.59. The molecule has 0 bridgehead atoms. The van der Waals surface area contributed by atoms with E-state index in [9.17, 15) is 81.7 Å². The first-order valence-corrected chi connectivity index (χ1v) is 44.8. The molecule has 13 fully saturated rings. The van der Waals surface area contributed by atoms with Crippen molar-refractivity contribution in [2.45, 2.75) is 402 Å². The molecular weight excluding hydrogens is 1740 g/mol. The molecule has 10 aliphatic heterocycles. The van der Waals surface area contributed by atoms with E-state index >= 15 is 0 Å². The zero-order chi connectivity index (χ0) is 95.0. The van der Waals surface area contributed by atoms with Crippen molar-refractivity contribution in [3.05, 3.63) is 0 Å². The van der Waals surface area contributed by atoms with E-state index in [4.69, 9.17) is 187 Å². The highest BCUT2D eigenvalue weighted by atomic mass is 16.8. The van der Waals surface area contributed by atoms with Crippen LogP contribution < -0.4 is 102 Å². The van der Waals surface area contributed by atoms with Gasteiger partial charge in [0.25, 0.3) is 0 Å². The minimum Gasteiger partial charge on any atom is -0.395 e. The Morgan fingerprint density at radius 3 is 1.02 bits per heavy atom. The third-order valence-electron chi connectivity index (χ3n) is 26.6. The average molecular weight is 1890 g/mol. The quantitative estimate of drug-likeness (QED) is 0.0318. The summed E-state index contributed by atoms with van der Waals surface area (Å²) < 4.78 is 112. The summed E-state index contributed by atoms with van der Waals surface area (Å²) in [6.07, 6.45) is -43.7. The van der Waals surface area contributed by atoms with Gasteiger partial charge in [-0.2, -0.15) is 0 Å². The lowest BCUT2D eigenvalue weighted by Crippen LogP contribution is -2.66. The van der Waals surface area contributed by atoms with Crippen molar-refractivity contribution in [2.75, 3.05) is 72.4 Å². The number of morpholine rings is 1. The smallest absolute Gasteiger partial charge is 0.187 e. The summed E-state index contributed by atoms with van der Waals surface area (Å²) in [5.41, 5.74) is 97.5. The van der Waals surface area contributed by atoms with Gasteiger partial charge in [-0.15, -0.1) is 0 Å². The van der Waals surface area contributed by atoms with Gasteiger partial charge >= 0.3 is 0 Å². The molecule has 10 saturated heterocycles. The number of nitrogens with one attached hydrogen (secondary N) is 2. The molecule has 130 heavy (non-hydrogen) atoms. The monoisotopic (exact) mass is 1890 g/mol. The van der Waals surface area contributed by atoms with Crippen LogP contribution >= 0.6 is 0 Å². The maximum absolute atomic E-state index is 11.2. The van der Waals surface area contributed by atoms with Crippen LogP contribution in [0.4, 0.5) is 0 Å². The molecule has 3 saturated carbocycles. The van der Waals surface area contributed by atoms with E-state index < -0.39 is 332 Å². The lowest BCUT2D eigenvalue weighted by molar-refractivity contribution is -0.297. The van der Waals surface area contributed by atoms with Crippen molar-refractivity contribution in [3.8, 4) is 0 Å². The Labute approximate surface area is 750 Å². The molecule has 10 heterocycles. The zero-order valence-corrected chi connectivity index (χ0v) is 72.8. The maximum Gasteiger partial charge on any atom is 0.187 e. The third-order valence-corrected chi connectivity index (χ3v) is 26.6. The standard InChI is InChI=1S/C26H50N6O12.C26H52N6O12.C24H48N6O12/c27-6-14-18(35)19(36)16(31)25(40-14)43-22-15(7-33)41-26(20(22)37)44-23-17(34)10(29)5-11(30)21(23)42-24-9(28)1-2-13(39-24)12-8-38-4-3-32-12;1-9(32-4-5-33)13-3-2-10(28)24(39-13)42-21-12(30)6-11(29)17(35)23(21)44-26-20(38)22(15(8-34)41-26)43-25-16(31)19(37)18(36)14(7-27)40-25;1-6(26)18-10(32)3-9(29)22(39-18)40-19-8(28)2-7(27)14(33)21(19)42-24-17(36)20(12(5-31)38-24)41-23-13(30)16(35)15(34)11(4-25)37-23/h9-26,32-37H,1-8,27-31H2;9-26,32-38H,2-8,27-31H2,1H3;6-24,31-36H,2-5,25-30H2,1H3. The fourth-order valence-electron chi connectivity index (χ4n) is 18.7. The van der Waals surface area contributed by atoms with Gasteiger partial charge < -0.3 is 279 Å². The van der Waals surface area contributed by atoms with Gasteiger partial charge in [-0.3, -0.25) is 0 Å². The van der Waals surface area contributed by atoms with Crippen LogP contribution in [0.3, 0.4) is 0 Å². The van der Waals surface area contributed by atoms with E-state index in [2.05, 4.69) is 10.6 Å². The van der Waals surface area contributed by atoms with Crippen molar-refractivity contribution in [2.24, 2.45) is 91.7 Å². The Balaban J connectivity index is 0.000000189. The molecule has 0 aromatic rings. The summed E-state index contributed by atoms with van der Waals surface area (Å²) in [7, 11) is 0. The Kier molecular flexibility index (Phi) is 40.7. The summed E-state index contributed by atoms with van der Waals surface area (Å²) in [4.78, 5) is 0. The minimum absolute atomic E-state index is 0.0253. The molecule has 3 aliphatic carbocycles. The molecule has 0 radical (unpaired) electrons. The molecule has 54 heteroatoms. The van der Waals surface area contributed by atoms with Gasteiger partial charge in [0.1, 0.15) is 153 Å². The van der Waals surface area contributed by atoms with Crippen LogP contribution in [-0.4, -0.2) is 496 Å². The molecule has 55 unspecified atom stereocenters. The van der Waals surface area contributed by atoms with Crippen LogP contribution in [-0.2, 0) is 90.0 Å². The van der Waals surface area contributed by atoms with E-state index in [1.807, 2.05) is 6.92 Å². The van der Waals surface area contributed by atoms with Crippen LogP contribution in [0, 0.1) is 0 Å². The minimum atomic E-state index is -1.56. The zero-order valence-electron chi connectivity index (χ0n) is 72.8. The van der Waals surface area contributed by atoms with Gasteiger partial charge in [-0.1, -0.05) is 0 Å². The second-order valence-electron chi connectivity index (χ2n) is 36.2. The fourth-order valence-corrected chi connectivity index (χ4v) is 18.7. The normalized spacial score (nSPS) is 51.4. The highest BCUT2D eigenvalue weighted by molar-refractivity contribution is 5.07. The molecule has 54 nitrogen and oxygen atoms in total. The Morgan fingerprint density at radius 1 is 0.338 bits per heavy atom. The van der Waals surface area contributed by atoms with Crippen molar-refractivity contribution in [1.29, 1.82) is 0 Å². The lowest BCUT2D eigenvalue weighted by atomic mass is 9.84. The first kappa shape index (κ1) is 108. The van der Waals surface area contributed by atoms with Gasteiger partial charge in [0.2, 0.25) is 0 Å². The Hall–Kier alpha value is -2.16. The van der Waals surface area contributed by atoms with E-state index in [1.54, 1.807) is 6.92 Å². The van der Waals surface area contributed by atoms with E-state index in [1.165, 1.54) is 0 Å². The van der Waals surface area contributed by atoms with Crippen molar-refractivity contribution in [3.63, 3.8) is 0 Å². The molecule has 0 aromatic carbocycles. The highest BCUT2D eigenvalue weighted by Gasteiger charge is 2.60. The molecule has 760 valence electrons. The van der Waals surface area contributed by atoms with Crippen LogP contribution in [0.15, 0.2) is 0 Å². The number of hydrogen-bond acceptors (Lipinski definition) is 54. The van der Waals surface area contributed by atoms with Crippen LogP contribution in [0.2, 0.25) is 0 Å². The molecule has 51 N–H and O–H groups in total. The summed E-state index contributed by atoms with van der Waals surface area (Å²) in [5, 5.41) is 184. The molecule has 0 aromatic heterocycles. The fraction of sp³-hybridized carbons (Fsp3) is 1.00. The van der Waals surface area contributed by atoms with Gasteiger partial charge in [-0.25, -0.2) is 0 Å². The molecule has 0 amide bonds. The molecular formula is C76H150N18O36. The second-order valence-corrected chi connectivity index (χ2v) is 36.2. The first-order chi connectivity index (χ1) is 61.7. The number of aliphatic hydroxyl groups excluding tert-OH is 17. The van der Waals surface area contributed by atoms with E-state index in [-0.39, 0.29) is 76.2 Å². The lowest BCUT2D eigenvalue weighted by Gasteiger charge is -2.46. The van der Waals surface area contributed by atoms with E-state index in [0.29, 0.717) is 52.0 Å². The predicted molar refractivity (Wildman–Crippen MR) is 442 cm³/mol. The number of hydrogen-bond donors (Lipinski definition) is 35. The predicted octanol–water partition coefficient (Wildman–Crippen LogP) is -21.1. The van der Waals surface area contributed by atoms with Gasteiger partial charge in [0.05, 0.1) is 119 Å². The first-order valence-electron chi connectivity index (χ1n) is 44.8. The number of aliphatic hydroxyl groups is 17. The van der Waals surface area contributed by atoms with Crippen molar-refractivity contribution < 1.29 is 177 Å². The largest absolute Gasteiger partial charge is 0.395 e. The summed E-state index contributed by atoms with van der Waals surface area (Å²) in [6, 6.07) is -10.6. The molecule has 0 spiro atoms. The number of nitrogens with two attached hydrogens (primary N) is 16. The Morgan fingerprint density at radius 2 is 0.677 bits per heavy atom. The van der Waals surface area contributed by atoms with Gasteiger partial charge in [-0.05, 0) is 65.2 Å². The third kappa shape index (κ3) is 25.0. The van der Waals surface area contributed by atoms with Gasteiger partial charge in [0, 0.05) is 81.1 Å². The summed E-state index contributed by atoms with van der Waals surface area (Å²) >= 11 is 0. The highest BCUT2D eigenvalue weighted by Crippen LogP contribution is 2.41. The topological polar surface area (TPSA) is 960 Å². The van der Waals surface area contributed by atoms with Crippen LogP contribution in [0.1, 0.15) is 65.2 Å². The Bertz CT molecular complexity index is 3310. The number of ether oxygens (including phenoxy) is 19.